The van der Waals surface area contributed by atoms with Crippen molar-refractivity contribution >= 4 is 11.4 Å². The van der Waals surface area contributed by atoms with Crippen LogP contribution in [0.2, 0.25) is 0 Å². The van der Waals surface area contributed by atoms with Crippen LogP contribution in [-0.2, 0) is 6.42 Å². The maximum Gasteiger partial charge on any atom is 0.167 e. The van der Waals surface area contributed by atoms with E-state index >= 15 is 8.78 Å². The van der Waals surface area contributed by atoms with Crippen LogP contribution in [0.15, 0.2) is 30.7 Å². The van der Waals surface area contributed by atoms with Gasteiger partial charge in [0.15, 0.2) is 11.6 Å². The van der Waals surface area contributed by atoms with Crippen LogP contribution in [0.4, 0.5) is 24.5 Å². The molecule has 3 aromatic rings. The molecule has 2 aliphatic rings. The van der Waals surface area contributed by atoms with E-state index in [1.807, 2.05) is 4.90 Å². The van der Waals surface area contributed by atoms with Gasteiger partial charge in [-0.3, -0.25) is 9.97 Å². The number of nitrogens with zero attached hydrogens (tertiary/aromatic N) is 4. The fourth-order valence-corrected chi connectivity index (χ4v) is 4.82. The van der Waals surface area contributed by atoms with Gasteiger partial charge in [-0.05, 0) is 11.6 Å². The molecule has 1 atom stereocenters. The number of aromatic nitrogens is 2. The Kier molecular flexibility index (Phi) is 4.98. The number of hydrogen-bond donors (Lipinski definition) is 2. The zero-order chi connectivity index (χ0) is 23.3. The summed E-state index contributed by atoms with van der Waals surface area (Å²) in [5.74, 6) is -1.94. The molecule has 2 aromatic heterocycles. The highest BCUT2D eigenvalue weighted by Gasteiger charge is 2.41. The predicted molar refractivity (Wildman–Crippen MR) is 120 cm³/mol. The number of hydrogen-bond acceptors (Lipinski definition) is 6. The average Bonchev–Trinajstić information content (AvgIpc) is 3.42. The normalized spacial score (nSPS) is 18.7. The minimum Gasteiger partial charge on any atom is -0.388 e. The standard InChI is InChI=1S/C24H21F3N6/c1-30-18-6-17(25)22(26)20-15(18)5-19-21(20)23(33-3-2-24(27,11-29)12-33)16(10-32-19)14-4-13(7-28)8-31-9-14/h4,6,8-10,30H,2-3,5,11-12,29H2,1H3. The molecule has 1 unspecified atom stereocenters. The number of nitrogens with one attached hydrogen (secondary N) is 1. The highest BCUT2D eigenvalue weighted by Crippen LogP contribution is 2.51. The van der Waals surface area contributed by atoms with Gasteiger partial charge in [-0.15, -0.1) is 0 Å². The molecular formula is C24H21F3N6. The topological polar surface area (TPSA) is 90.9 Å². The molecule has 6 nitrogen and oxygen atoms in total. The lowest BCUT2D eigenvalue weighted by Gasteiger charge is -2.26. The first-order valence-electron chi connectivity index (χ1n) is 10.6. The molecule has 0 bridgehead atoms. The Morgan fingerprint density at radius 2 is 2.06 bits per heavy atom. The first kappa shape index (κ1) is 21.2. The van der Waals surface area contributed by atoms with E-state index in [0.717, 1.165) is 6.07 Å². The summed E-state index contributed by atoms with van der Waals surface area (Å²) < 4.78 is 44.9. The van der Waals surface area contributed by atoms with Gasteiger partial charge in [0.2, 0.25) is 0 Å². The highest BCUT2D eigenvalue weighted by atomic mass is 19.2. The molecule has 33 heavy (non-hydrogen) atoms. The Bertz CT molecular complexity index is 1320. The van der Waals surface area contributed by atoms with Crippen molar-refractivity contribution in [3.63, 3.8) is 0 Å². The first-order chi connectivity index (χ1) is 15.9. The van der Waals surface area contributed by atoms with E-state index in [1.54, 1.807) is 25.5 Å². The fraction of sp³-hybridized carbons (Fsp3) is 0.292. The molecule has 1 fully saturated rings. The molecule has 3 N–H and O–H groups in total. The van der Waals surface area contributed by atoms with Gasteiger partial charge < -0.3 is 16.0 Å². The minimum absolute atomic E-state index is 0.0173. The lowest BCUT2D eigenvalue weighted by Crippen LogP contribution is -2.36. The quantitative estimate of drug-likeness (QED) is 0.492. The van der Waals surface area contributed by atoms with Gasteiger partial charge in [0.25, 0.3) is 0 Å². The maximum absolute atomic E-state index is 15.2. The molecule has 1 saturated heterocycles. The Morgan fingerprint density at radius 1 is 1.24 bits per heavy atom. The summed E-state index contributed by atoms with van der Waals surface area (Å²) in [5.41, 5.74) is 8.39. The largest absolute Gasteiger partial charge is 0.388 e. The molecule has 0 amide bonds. The summed E-state index contributed by atoms with van der Waals surface area (Å²) in [7, 11) is 1.65. The Hall–Kier alpha value is -3.64. The van der Waals surface area contributed by atoms with Crippen LogP contribution in [-0.4, -0.2) is 42.3 Å². The van der Waals surface area contributed by atoms with Gasteiger partial charge >= 0.3 is 0 Å². The van der Waals surface area contributed by atoms with Crippen LogP contribution in [0.25, 0.3) is 22.3 Å². The van der Waals surface area contributed by atoms with Crippen molar-refractivity contribution in [2.75, 3.05) is 36.9 Å². The summed E-state index contributed by atoms with van der Waals surface area (Å²) in [6.07, 6.45) is 5.17. The second-order valence-electron chi connectivity index (χ2n) is 8.44. The van der Waals surface area contributed by atoms with E-state index in [0.29, 0.717) is 57.9 Å². The molecule has 0 spiro atoms. The number of fused-ring (bicyclic) bond motifs is 3. The fourth-order valence-electron chi connectivity index (χ4n) is 4.82. The van der Waals surface area contributed by atoms with E-state index < -0.39 is 17.3 Å². The third kappa shape index (κ3) is 3.29. The SMILES string of the molecule is CNc1cc(F)c(F)c2c1Cc1ncc(-c3cncc(C#N)c3)c(N3CCC(F)(CN)C3)c1-2. The molecule has 1 aliphatic carbocycles. The number of benzene rings is 1. The zero-order valence-corrected chi connectivity index (χ0v) is 17.9. The number of pyridine rings is 2. The summed E-state index contributed by atoms with van der Waals surface area (Å²) >= 11 is 0. The van der Waals surface area contributed by atoms with Gasteiger partial charge in [-0.2, -0.15) is 5.26 Å². The second-order valence-corrected chi connectivity index (χ2v) is 8.44. The third-order valence-electron chi connectivity index (χ3n) is 6.49. The molecule has 5 rings (SSSR count). The maximum atomic E-state index is 15.2. The number of rotatable bonds is 4. The molecule has 168 valence electrons. The Labute approximate surface area is 188 Å². The molecule has 9 heteroatoms. The van der Waals surface area contributed by atoms with Crippen LogP contribution in [0.5, 0.6) is 0 Å². The summed E-state index contributed by atoms with van der Waals surface area (Å²) in [4.78, 5) is 10.5. The van der Waals surface area contributed by atoms with Crippen LogP contribution in [0.3, 0.4) is 0 Å². The van der Waals surface area contributed by atoms with Gasteiger partial charge in [-0.1, -0.05) is 0 Å². The van der Waals surface area contributed by atoms with Crippen LogP contribution in [0, 0.1) is 23.0 Å². The second kappa shape index (κ2) is 7.74. The first-order valence-corrected chi connectivity index (χ1v) is 10.6. The van der Waals surface area contributed by atoms with Gasteiger partial charge in [0.1, 0.15) is 11.7 Å². The number of anilines is 2. The van der Waals surface area contributed by atoms with Crippen molar-refractivity contribution in [2.24, 2.45) is 5.73 Å². The smallest absolute Gasteiger partial charge is 0.167 e. The van der Waals surface area contributed by atoms with E-state index in [9.17, 15) is 9.65 Å². The Balaban J connectivity index is 1.81. The van der Waals surface area contributed by atoms with Gasteiger partial charge in [0.05, 0.1) is 23.5 Å². The van der Waals surface area contributed by atoms with Crippen molar-refractivity contribution < 1.29 is 13.2 Å². The molecule has 0 radical (unpaired) electrons. The summed E-state index contributed by atoms with van der Waals surface area (Å²) in [5, 5.41) is 12.3. The lowest BCUT2D eigenvalue weighted by molar-refractivity contribution is 0.204. The van der Waals surface area contributed by atoms with Gasteiger partial charge in [0, 0.05) is 85.6 Å². The molecule has 3 heterocycles. The highest BCUT2D eigenvalue weighted by molar-refractivity contribution is 5.97. The van der Waals surface area contributed by atoms with Crippen LogP contribution in [0.1, 0.15) is 23.2 Å². The lowest BCUT2D eigenvalue weighted by atomic mass is 9.97. The van der Waals surface area contributed by atoms with Crippen molar-refractivity contribution in [1.82, 2.24) is 9.97 Å². The van der Waals surface area contributed by atoms with E-state index in [1.165, 1.54) is 6.20 Å². The number of halogens is 3. The number of nitriles is 1. The van der Waals surface area contributed by atoms with E-state index in [2.05, 4.69) is 21.4 Å². The number of alkyl halides is 1. The number of nitrogens with two attached hydrogens (primary N) is 1. The molecule has 1 aromatic carbocycles. The summed E-state index contributed by atoms with van der Waals surface area (Å²) in [6, 6.07) is 4.85. The van der Waals surface area contributed by atoms with Crippen molar-refractivity contribution in [1.29, 1.82) is 5.26 Å². The monoisotopic (exact) mass is 450 g/mol. The Morgan fingerprint density at radius 3 is 2.76 bits per heavy atom. The molecule has 0 saturated carbocycles. The molecule has 1 aliphatic heterocycles. The molecular weight excluding hydrogens is 429 g/mol. The van der Waals surface area contributed by atoms with Crippen LogP contribution >= 0.6 is 0 Å². The zero-order valence-electron chi connectivity index (χ0n) is 17.9. The van der Waals surface area contributed by atoms with Crippen molar-refractivity contribution in [3.8, 4) is 28.3 Å². The minimum atomic E-state index is -1.59. The average molecular weight is 450 g/mol. The third-order valence-corrected chi connectivity index (χ3v) is 6.49. The predicted octanol–water partition coefficient (Wildman–Crippen LogP) is 3.78. The van der Waals surface area contributed by atoms with E-state index in [-0.39, 0.29) is 25.1 Å². The van der Waals surface area contributed by atoms with Crippen molar-refractivity contribution in [3.05, 3.63) is 59.2 Å². The summed E-state index contributed by atoms with van der Waals surface area (Å²) in [6.45, 7) is 0.234. The van der Waals surface area contributed by atoms with Gasteiger partial charge in [-0.25, -0.2) is 13.2 Å². The van der Waals surface area contributed by atoms with Crippen LogP contribution < -0.4 is 16.0 Å². The van der Waals surface area contributed by atoms with Crippen molar-refractivity contribution in [2.45, 2.75) is 18.5 Å². The van der Waals surface area contributed by atoms with E-state index in [4.69, 9.17) is 5.73 Å².